The first-order valence-electron chi connectivity index (χ1n) is 13.0. The van der Waals surface area contributed by atoms with E-state index in [4.69, 9.17) is 0 Å². The lowest BCUT2D eigenvalue weighted by atomic mass is 9.84. The van der Waals surface area contributed by atoms with Gasteiger partial charge in [-0.1, -0.05) is 88.0 Å². The molecule has 7 heteroatoms. The van der Waals surface area contributed by atoms with Crippen LogP contribution >= 0.6 is 11.8 Å². The smallest absolute Gasteiger partial charge is 0.242 e. The molecule has 2 rings (SSSR count). The standard InChI is InChI=1S/C28H42N2O4S/c1-20(2)16-24(18-25(32)19-35-21(3)31)27(33)30-26(17-23-12-8-5-9-13-23)28(34)29-15-14-22-10-6-4-7-11-22/h4,6-7,10-11,20,23-24,26H,5,8-9,12-19H2,1-3H3,(H,29,34)(H,30,33)/t24?,26-/m0/s1. The number of amides is 2. The molecule has 2 atom stereocenters. The second-order valence-corrected chi connectivity index (χ2v) is 11.3. The van der Waals surface area contributed by atoms with E-state index >= 15 is 0 Å². The third kappa shape index (κ3) is 11.9. The Hall–Kier alpha value is -2.15. The Kier molecular flexibility index (Phi) is 13.1. The number of benzene rings is 1. The van der Waals surface area contributed by atoms with Crippen LogP contribution in [0.1, 0.15) is 77.7 Å². The predicted octanol–water partition coefficient (Wildman–Crippen LogP) is 4.70. The maximum absolute atomic E-state index is 13.3. The zero-order valence-electron chi connectivity index (χ0n) is 21.5. The number of carbonyl (C=O) groups is 4. The third-order valence-electron chi connectivity index (χ3n) is 6.52. The van der Waals surface area contributed by atoms with Gasteiger partial charge in [0, 0.05) is 25.8 Å². The van der Waals surface area contributed by atoms with Crippen LogP contribution in [0.5, 0.6) is 0 Å². The van der Waals surface area contributed by atoms with Crippen LogP contribution in [-0.2, 0) is 25.6 Å². The summed E-state index contributed by atoms with van der Waals surface area (Å²) in [7, 11) is 0. The van der Waals surface area contributed by atoms with Gasteiger partial charge in [0.1, 0.15) is 11.8 Å². The zero-order valence-corrected chi connectivity index (χ0v) is 22.3. The first-order chi connectivity index (χ1) is 16.7. The molecule has 1 saturated carbocycles. The van der Waals surface area contributed by atoms with E-state index in [1.165, 1.54) is 26.2 Å². The summed E-state index contributed by atoms with van der Waals surface area (Å²) in [4.78, 5) is 50.1. The maximum atomic E-state index is 13.3. The van der Waals surface area contributed by atoms with Crippen LogP contribution in [0.15, 0.2) is 30.3 Å². The molecule has 0 saturated heterocycles. The number of hydrogen-bond donors (Lipinski definition) is 2. The predicted molar refractivity (Wildman–Crippen MR) is 142 cm³/mol. The fraction of sp³-hybridized carbons (Fsp3) is 0.643. The van der Waals surface area contributed by atoms with E-state index in [0.717, 1.165) is 36.6 Å². The molecule has 1 aliphatic carbocycles. The molecule has 0 bridgehead atoms. The Morgan fingerprint density at radius 3 is 2.31 bits per heavy atom. The van der Waals surface area contributed by atoms with Crippen molar-refractivity contribution < 1.29 is 19.2 Å². The van der Waals surface area contributed by atoms with E-state index in [9.17, 15) is 19.2 Å². The Balaban J connectivity index is 2.02. The number of carbonyl (C=O) groups excluding carboxylic acids is 4. The van der Waals surface area contributed by atoms with E-state index in [0.29, 0.717) is 25.3 Å². The van der Waals surface area contributed by atoms with Gasteiger partial charge in [0.15, 0.2) is 5.12 Å². The maximum Gasteiger partial charge on any atom is 0.242 e. The van der Waals surface area contributed by atoms with E-state index in [1.807, 2.05) is 44.2 Å². The molecule has 0 aliphatic heterocycles. The number of hydrogen-bond acceptors (Lipinski definition) is 5. The van der Waals surface area contributed by atoms with E-state index < -0.39 is 12.0 Å². The highest BCUT2D eigenvalue weighted by Gasteiger charge is 2.30. The van der Waals surface area contributed by atoms with Gasteiger partial charge >= 0.3 is 0 Å². The third-order valence-corrected chi connectivity index (χ3v) is 7.39. The van der Waals surface area contributed by atoms with Crippen molar-refractivity contribution in [2.75, 3.05) is 12.3 Å². The first kappa shape index (κ1) is 29.1. The summed E-state index contributed by atoms with van der Waals surface area (Å²) < 4.78 is 0. The van der Waals surface area contributed by atoms with Crippen LogP contribution < -0.4 is 10.6 Å². The van der Waals surface area contributed by atoms with Gasteiger partial charge in [-0.2, -0.15) is 0 Å². The number of Topliss-reactive ketones (excluding diaryl/α,β-unsaturated/α-hetero) is 1. The molecule has 2 N–H and O–H groups in total. The minimum atomic E-state index is -0.599. The molecule has 194 valence electrons. The molecule has 1 aromatic carbocycles. The van der Waals surface area contributed by atoms with Crippen LogP contribution in [0.4, 0.5) is 0 Å². The number of nitrogens with one attached hydrogen (secondary N) is 2. The van der Waals surface area contributed by atoms with Crippen molar-refractivity contribution in [3.05, 3.63) is 35.9 Å². The van der Waals surface area contributed by atoms with Gasteiger partial charge in [0.05, 0.1) is 5.75 Å². The molecule has 1 aromatic rings. The molecule has 0 radical (unpaired) electrons. The van der Waals surface area contributed by atoms with Gasteiger partial charge in [-0.25, -0.2) is 0 Å². The fourth-order valence-corrected chi connectivity index (χ4v) is 5.23. The van der Waals surface area contributed by atoms with Crippen LogP contribution in [0.3, 0.4) is 0 Å². The van der Waals surface area contributed by atoms with Crippen LogP contribution in [0.25, 0.3) is 0 Å². The lowest BCUT2D eigenvalue weighted by Crippen LogP contribution is -2.50. The van der Waals surface area contributed by atoms with Crippen molar-refractivity contribution in [1.29, 1.82) is 0 Å². The van der Waals surface area contributed by atoms with Crippen molar-refractivity contribution in [2.24, 2.45) is 17.8 Å². The normalized spacial score (nSPS) is 15.9. The van der Waals surface area contributed by atoms with Crippen LogP contribution in [0.2, 0.25) is 0 Å². The molecule has 1 unspecified atom stereocenters. The van der Waals surface area contributed by atoms with E-state index in [1.54, 1.807) is 0 Å². The number of ketones is 1. The summed E-state index contributed by atoms with van der Waals surface area (Å²) in [6.45, 7) is 5.98. The Morgan fingerprint density at radius 1 is 1.00 bits per heavy atom. The molecule has 6 nitrogen and oxygen atoms in total. The monoisotopic (exact) mass is 502 g/mol. The van der Waals surface area contributed by atoms with Crippen molar-refractivity contribution >= 4 is 34.5 Å². The van der Waals surface area contributed by atoms with Crippen molar-refractivity contribution in [1.82, 2.24) is 10.6 Å². The average Bonchev–Trinajstić information content (AvgIpc) is 2.83. The summed E-state index contributed by atoms with van der Waals surface area (Å²) in [5.41, 5.74) is 1.15. The highest BCUT2D eigenvalue weighted by atomic mass is 32.2. The van der Waals surface area contributed by atoms with Gasteiger partial charge in [0.25, 0.3) is 0 Å². The van der Waals surface area contributed by atoms with E-state index in [-0.39, 0.29) is 40.8 Å². The second kappa shape index (κ2) is 15.8. The van der Waals surface area contributed by atoms with Crippen LogP contribution in [-0.4, -0.2) is 41.1 Å². The van der Waals surface area contributed by atoms with Gasteiger partial charge in [-0.05, 0) is 36.7 Å². The van der Waals surface area contributed by atoms with Crippen molar-refractivity contribution in [3.63, 3.8) is 0 Å². The van der Waals surface area contributed by atoms with Crippen molar-refractivity contribution in [3.8, 4) is 0 Å². The first-order valence-corrected chi connectivity index (χ1v) is 14.0. The van der Waals surface area contributed by atoms with E-state index in [2.05, 4.69) is 10.6 Å². The molecular weight excluding hydrogens is 460 g/mol. The molecular formula is C28H42N2O4S. The Morgan fingerprint density at radius 2 is 1.69 bits per heavy atom. The fourth-order valence-electron chi connectivity index (χ4n) is 4.74. The minimum absolute atomic E-state index is 0.0860. The number of rotatable bonds is 14. The topological polar surface area (TPSA) is 92.3 Å². The Bertz CT molecular complexity index is 822. The second-order valence-electron chi connectivity index (χ2n) is 10.2. The highest BCUT2D eigenvalue weighted by Crippen LogP contribution is 2.28. The molecule has 1 aliphatic rings. The van der Waals surface area contributed by atoms with Gasteiger partial charge < -0.3 is 10.6 Å². The highest BCUT2D eigenvalue weighted by molar-refractivity contribution is 8.14. The van der Waals surface area contributed by atoms with Crippen molar-refractivity contribution in [2.45, 2.75) is 84.6 Å². The molecule has 0 heterocycles. The summed E-state index contributed by atoms with van der Waals surface area (Å²) in [6.07, 6.45) is 7.75. The Labute approximate surface area is 214 Å². The molecule has 0 aromatic heterocycles. The molecule has 2 amide bonds. The zero-order chi connectivity index (χ0) is 25.6. The quantitative estimate of drug-likeness (QED) is 0.385. The lowest BCUT2D eigenvalue weighted by molar-refractivity contribution is -0.133. The van der Waals surface area contributed by atoms with Gasteiger partial charge in [-0.3, -0.25) is 19.2 Å². The SMILES string of the molecule is CC(=O)SCC(=O)CC(CC(C)C)C(=O)N[C@@H](CC1CCCCC1)C(=O)NCCc1ccccc1. The summed E-state index contributed by atoms with van der Waals surface area (Å²) in [6, 6.07) is 9.40. The largest absolute Gasteiger partial charge is 0.354 e. The lowest BCUT2D eigenvalue weighted by Gasteiger charge is -2.28. The summed E-state index contributed by atoms with van der Waals surface area (Å²) in [5.74, 6) is -0.256. The molecule has 0 spiro atoms. The van der Waals surface area contributed by atoms with Crippen LogP contribution in [0, 0.1) is 17.8 Å². The molecule has 1 fully saturated rings. The minimum Gasteiger partial charge on any atom is -0.354 e. The van der Waals surface area contributed by atoms with Gasteiger partial charge in [0.2, 0.25) is 11.8 Å². The van der Waals surface area contributed by atoms with Gasteiger partial charge in [-0.15, -0.1) is 0 Å². The molecule has 35 heavy (non-hydrogen) atoms. The number of thioether (sulfide) groups is 1. The average molecular weight is 503 g/mol. The summed E-state index contributed by atoms with van der Waals surface area (Å²) >= 11 is 0.977. The summed E-state index contributed by atoms with van der Waals surface area (Å²) in [5, 5.41) is 5.92.